The van der Waals surface area contributed by atoms with Crippen molar-refractivity contribution in [3.63, 3.8) is 0 Å². The molecule has 1 amide bonds. The molecule has 18 heavy (non-hydrogen) atoms. The van der Waals surface area contributed by atoms with Gasteiger partial charge in [-0.2, -0.15) is 0 Å². The zero-order valence-electron chi connectivity index (χ0n) is 10.4. The van der Waals surface area contributed by atoms with Crippen molar-refractivity contribution in [3.05, 3.63) is 28.7 Å². The quantitative estimate of drug-likeness (QED) is 0.722. The maximum Gasteiger partial charge on any atom is 0.238 e. The standard InChI is InChI=1S/C13H19BrN2O2/c1-2-3-12(17)8-15-9-13(18)16-11-6-4-10(14)5-7-11/h4-7,12,15,17H,2-3,8-9H2,1H3,(H,16,18). The minimum atomic E-state index is -0.379. The first-order valence-corrected chi connectivity index (χ1v) is 6.85. The van der Waals surface area contributed by atoms with E-state index in [2.05, 4.69) is 26.6 Å². The fourth-order valence-electron chi connectivity index (χ4n) is 1.53. The van der Waals surface area contributed by atoms with Gasteiger partial charge >= 0.3 is 0 Å². The van der Waals surface area contributed by atoms with Crippen LogP contribution >= 0.6 is 15.9 Å². The minimum absolute atomic E-state index is 0.110. The first-order valence-electron chi connectivity index (χ1n) is 6.06. The third-order valence-corrected chi connectivity index (χ3v) is 2.94. The van der Waals surface area contributed by atoms with E-state index in [0.717, 1.165) is 23.0 Å². The second kappa shape index (κ2) is 8.24. The van der Waals surface area contributed by atoms with Gasteiger partial charge in [0.05, 0.1) is 12.6 Å². The third-order valence-electron chi connectivity index (χ3n) is 2.42. The van der Waals surface area contributed by atoms with Gasteiger partial charge in [-0.05, 0) is 30.7 Å². The Labute approximate surface area is 116 Å². The average Bonchev–Trinajstić information content (AvgIpc) is 2.32. The highest BCUT2D eigenvalue weighted by atomic mass is 79.9. The highest BCUT2D eigenvalue weighted by molar-refractivity contribution is 9.10. The van der Waals surface area contributed by atoms with Gasteiger partial charge in [-0.25, -0.2) is 0 Å². The molecule has 3 N–H and O–H groups in total. The maximum atomic E-state index is 11.6. The predicted octanol–water partition coefficient (Wildman–Crippen LogP) is 2.14. The Hall–Kier alpha value is -0.910. The van der Waals surface area contributed by atoms with E-state index < -0.39 is 0 Å². The molecule has 0 aromatic heterocycles. The summed E-state index contributed by atoms with van der Waals surface area (Å²) in [7, 11) is 0. The molecule has 0 radical (unpaired) electrons. The molecule has 5 heteroatoms. The van der Waals surface area contributed by atoms with Crippen LogP contribution in [-0.2, 0) is 4.79 Å². The summed E-state index contributed by atoms with van der Waals surface area (Å²) in [6.07, 6.45) is 1.31. The normalized spacial score (nSPS) is 12.2. The summed E-state index contributed by atoms with van der Waals surface area (Å²) in [6, 6.07) is 7.39. The number of benzene rings is 1. The molecule has 1 rings (SSSR count). The van der Waals surface area contributed by atoms with Crippen LogP contribution in [0.3, 0.4) is 0 Å². The molecule has 0 aliphatic carbocycles. The number of hydrogen-bond donors (Lipinski definition) is 3. The van der Waals surface area contributed by atoms with E-state index in [4.69, 9.17) is 0 Å². The molecule has 0 aliphatic rings. The number of rotatable bonds is 7. The second-order valence-corrected chi connectivity index (χ2v) is 5.04. The fraction of sp³-hybridized carbons (Fsp3) is 0.462. The smallest absolute Gasteiger partial charge is 0.238 e. The summed E-state index contributed by atoms with van der Waals surface area (Å²) in [5.41, 5.74) is 0.763. The van der Waals surface area contributed by atoms with Crippen molar-refractivity contribution in [1.82, 2.24) is 5.32 Å². The average molecular weight is 315 g/mol. The number of halogens is 1. The Morgan fingerprint density at radius 3 is 2.67 bits per heavy atom. The number of nitrogens with one attached hydrogen (secondary N) is 2. The van der Waals surface area contributed by atoms with Gasteiger partial charge in [-0.15, -0.1) is 0 Å². The molecule has 1 unspecified atom stereocenters. The summed E-state index contributed by atoms with van der Waals surface area (Å²) in [4.78, 5) is 11.6. The van der Waals surface area contributed by atoms with Crippen molar-refractivity contribution >= 4 is 27.5 Å². The van der Waals surface area contributed by atoms with Gasteiger partial charge in [0.25, 0.3) is 0 Å². The molecule has 0 saturated heterocycles. The van der Waals surface area contributed by atoms with Crippen LogP contribution in [0.1, 0.15) is 19.8 Å². The van der Waals surface area contributed by atoms with E-state index in [1.165, 1.54) is 0 Å². The van der Waals surface area contributed by atoms with Gasteiger partial charge < -0.3 is 15.7 Å². The number of hydrogen-bond acceptors (Lipinski definition) is 3. The molecule has 100 valence electrons. The lowest BCUT2D eigenvalue weighted by Crippen LogP contribution is -2.33. The monoisotopic (exact) mass is 314 g/mol. The third kappa shape index (κ3) is 6.14. The summed E-state index contributed by atoms with van der Waals surface area (Å²) in [5, 5.41) is 15.2. The van der Waals surface area contributed by atoms with E-state index in [1.54, 1.807) is 0 Å². The van der Waals surface area contributed by atoms with Crippen molar-refractivity contribution in [3.8, 4) is 0 Å². The molecule has 0 bridgehead atoms. The fourth-order valence-corrected chi connectivity index (χ4v) is 1.79. The SMILES string of the molecule is CCCC(O)CNCC(=O)Nc1ccc(Br)cc1. The van der Waals surface area contributed by atoms with Crippen molar-refractivity contribution in [2.45, 2.75) is 25.9 Å². The van der Waals surface area contributed by atoms with Crippen LogP contribution in [0.2, 0.25) is 0 Å². The van der Waals surface area contributed by atoms with Gasteiger partial charge in [-0.1, -0.05) is 29.3 Å². The zero-order chi connectivity index (χ0) is 13.4. The van der Waals surface area contributed by atoms with Crippen LogP contribution in [0.15, 0.2) is 28.7 Å². The topological polar surface area (TPSA) is 61.4 Å². The Morgan fingerprint density at radius 1 is 1.39 bits per heavy atom. The van der Waals surface area contributed by atoms with E-state index in [9.17, 15) is 9.90 Å². The first-order chi connectivity index (χ1) is 8.61. The molecule has 0 spiro atoms. The van der Waals surface area contributed by atoms with Crippen molar-refractivity contribution in [2.75, 3.05) is 18.4 Å². The number of amides is 1. The van der Waals surface area contributed by atoms with Gasteiger partial charge in [0.15, 0.2) is 0 Å². The van der Waals surface area contributed by atoms with E-state index in [-0.39, 0.29) is 18.6 Å². The van der Waals surface area contributed by atoms with E-state index >= 15 is 0 Å². The van der Waals surface area contributed by atoms with Crippen molar-refractivity contribution in [2.24, 2.45) is 0 Å². The molecule has 0 heterocycles. The van der Waals surface area contributed by atoms with Crippen LogP contribution in [0, 0.1) is 0 Å². The summed E-state index contributed by atoms with van der Waals surface area (Å²) >= 11 is 3.33. The van der Waals surface area contributed by atoms with Crippen LogP contribution < -0.4 is 10.6 Å². The van der Waals surface area contributed by atoms with Crippen LogP contribution in [0.5, 0.6) is 0 Å². The predicted molar refractivity (Wildman–Crippen MR) is 76.6 cm³/mol. The molecular formula is C13H19BrN2O2. The molecule has 1 aromatic rings. The number of anilines is 1. The van der Waals surface area contributed by atoms with Gasteiger partial charge in [0.2, 0.25) is 5.91 Å². The molecule has 1 aromatic carbocycles. The zero-order valence-corrected chi connectivity index (χ0v) is 12.0. The number of carbonyl (C=O) groups is 1. The van der Waals surface area contributed by atoms with Crippen LogP contribution in [0.25, 0.3) is 0 Å². The lowest BCUT2D eigenvalue weighted by molar-refractivity contribution is -0.115. The number of aliphatic hydroxyl groups is 1. The number of aliphatic hydroxyl groups excluding tert-OH is 1. The Morgan fingerprint density at radius 2 is 2.06 bits per heavy atom. The summed E-state index contributed by atoms with van der Waals surface area (Å²) in [5.74, 6) is -0.110. The van der Waals surface area contributed by atoms with Gasteiger partial charge in [0.1, 0.15) is 0 Å². The van der Waals surface area contributed by atoms with Gasteiger partial charge in [0, 0.05) is 16.7 Å². The molecule has 0 fully saturated rings. The van der Waals surface area contributed by atoms with E-state index in [1.807, 2.05) is 31.2 Å². The van der Waals surface area contributed by atoms with Crippen molar-refractivity contribution in [1.29, 1.82) is 0 Å². The van der Waals surface area contributed by atoms with Crippen molar-refractivity contribution < 1.29 is 9.90 Å². The van der Waals surface area contributed by atoms with E-state index in [0.29, 0.717) is 6.54 Å². The van der Waals surface area contributed by atoms with Gasteiger partial charge in [-0.3, -0.25) is 4.79 Å². The Bertz CT molecular complexity index is 368. The molecule has 1 atom stereocenters. The number of carbonyl (C=O) groups excluding carboxylic acids is 1. The molecule has 4 nitrogen and oxygen atoms in total. The van der Waals surface area contributed by atoms with Crippen LogP contribution in [0.4, 0.5) is 5.69 Å². The molecular weight excluding hydrogens is 296 g/mol. The first kappa shape index (κ1) is 15.1. The Balaban J connectivity index is 2.23. The minimum Gasteiger partial charge on any atom is -0.392 e. The Kier molecular flexibility index (Phi) is 6.93. The summed E-state index contributed by atoms with van der Waals surface area (Å²) in [6.45, 7) is 2.67. The molecule has 0 aliphatic heterocycles. The molecule has 0 saturated carbocycles. The lowest BCUT2D eigenvalue weighted by atomic mass is 10.2. The highest BCUT2D eigenvalue weighted by Crippen LogP contribution is 2.13. The highest BCUT2D eigenvalue weighted by Gasteiger charge is 2.05. The summed E-state index contributed by atoms with van der Waals surface area (Å²) < 4.78 is 0.973. The lowest BCUT2D eigenvalue weighted by Gasteiger charge is -2.10. The van der Waals surface area contributed by atoms with Crippen LogP contribution in [-0.4, -0.2) is 30.2 Å². The second-order valence-electron chi connectivity index (χ2n) is 4.13. The largest absolute Gasteiger partial charge is 0.392 e. The maximum absolute atomic E-state index is 11.6.